The monoisotopic (exact) mass is 1010 g/mol. The molecule has 0 saturated carbocycles. The van der Waals surface area contributed by atoms with Crippen LogP contribution in [0.4, 0.5) is 37.7 Å². The summed E-state index contributed by atoms with van der Waals surface area (Å²) in [5, 5.41) is 0. The molecule has 1 fully saturated rings. The van der Waals surface area contributed by atoms with E-state index >= 15 is 0 Å². The molecule has 3 aliphatic rings. The van der Waals surface area contributed by atoms with Gasteiger partial charge in [-0.25, -0.2) is 0 Å². The summed E-state index contributed by atoms with van der Waals surface area (Å²) < 4.78 is 98.2. The van der Waals surface area contributed by atoms with E-state index in [1.807, 2.05) is 23.1 Å². The molecule has 0 unspecified atom stereocenters. The van der Waals surface area contributed by atoms with Gasteiger partial charge in [0.25, 0.3) is 0 Å². The maximum Gasteiger partial charge on any atom is 0.426 e. The Morgan fingerprint density at radius 3 is 1.58 bits per heavy atom. The van der Waals surface area contributed by atoms with Crippen molar-refractivity contribution >= 4 is 63.4 Å². The number of hydrogen-bond acceptors (Lipinski definition) is 9. The number of rotatable bonds is 12. The smallest absolute Gasteiger partial charge is 0.426 e. The fourth-order valence-corrected chi connectivity index (χ4v) is 10.8. The van der Waals surface area contributed by atoms with E-state index in [1.54, 1.807) is 94.7 Å². The van der Waals surface area contributed by atoms with Gasteiger partial charge in [0.15, 0.2) is 0 Å². The van der Waals surface area contributed by atoms with Crippen molar-refractivity contribution in [1.29, 1.82) is 0 Å². The van der Waals surface area contributed by atoms with Gasteiger partial charge in [-0.15, -0.1) is 34.3 Å². The lowest BCUT2D eigenvalue weighted by Gasteiger charge is -2.32. The Kier molecular flexibility index (Phi) is 15.4. The molecule has 2 amide bonds. The molecule has 0 N–H and O–H groups in total. The Balaban J connectivity index is 0.000000192. The molecule has 4 aromatic carbocycles. The van der Waals surface area contributed by atoms with Gasteiger partial charge in [-0.3, -0.25) is 19.3 Å². The summed E-state index contributed by atoms with van der Waals surface area (Å²) >= 11 is 7.03. The first kappa shape index (κ1) is 49.5. The van der Waals surface area contributed by atoms with E-state index in [9.17, 15) is 40.7 Å². The normalized spacial score (nSPS) is 15.8. The Morgan fingerprint density at radius 2 is 1.13 bits per heavy atom. The van der Waals surface area contributed by atoms with Crippen molar-refractivity contribution in [2.24, 2.45) is 5.92 Å². The first-order valence-corrected chi connectivity index (χ1v) is 24.2. The first-order chi connectivity index (χ1) is 33.1. The average molecular weight is 1010 g/mol. The van der Waals surface area contributed by atoms with E-state index in [-0.39, 0.29) is 60.5 Å². The molecule has 0 aliphatic carbocycles. The summed E-state index contributed by atoms with van der Waals surface area (Å²) in [7, 11) is 1.38. The summed E-state index contributed by atoms with van der Waals surface area (Å²) in [6.45, 7) is 2.65. The molecule has 18 heteroatoms. The van der Waals surface area contributed by atoms with E-state index in [2.05, 4.69) is 0 Å². The molecular formula is C51H46ClF6N3O6S2. The average Bonchev–Trinajstić information content (AvgIpc) is 4.18. The zero-order valence-electron chi connectivity index (χ0n) is 37.2. The summed E-state index contributed by atoms with van der Waals surface area (Å²) in [4.78, 5) is 42.0. The number of nitrogens with zero attached hydrogens (tertiary/aromatic N) is 3. The zero-order valence-corrected chi connectivity index (χ0v) is 39.6. The quantitative estimate of drug-likeness (QED) is 0.0685. The van der Waals surface area contributed by atoms with Crippen LogP contribution in [0, 0.1) is 5.92 Å². The van der Waals surface area contributed by atoms with Crippen LogP contribution in [0.2, 0.25) is 0 Å². The molecule has 3 aliphatic heterocycles. The second-order valence-corrected chi connectivity index (χ2v) is 19.2. The maximum absolute atomic E-state index is 13.7. The largest absolute Gasteiger partial charge is 0.488 e. The number of amides is 2. The van der Waals surface area contributed by atoms with Crippen molar-refractivity contribution in [3.63, 3.8) is 0 Å². The van der Waals surface area contributed by atoms with Gasteiger partial charge in [0.05, 0.1) is 19.6 Å². The molecule has 9 nitrogen and oxygen atoms in total. The fourth-order valence-electron chi connectivity index (χ4n) is 8.78. The number of esters is 1. The van der Waals surface area contributed by atoms with Gasteiger partial charge in [-0.1, -0.05) is 60.7 Å². The number of anilines is 2. The van der Waals surface area contributed by atoms with Crippen LogP contribution in [0.25, 0.3) is 22.3 Å². The third kappa shape index (κ3) is 11.8. The van der Waals surface area contributed by atoms with Crippen LogP contribution in [-0.2, 0) is 57.5 Å². The fraction of sp³-hybridized carbons (Fsp3) is 0.314. The molecule has 69 heavy (non-hydrogen) atoms. The minimum absolute atomic E-state index is 0.0122. The SMILES string of the molecule is COC(=O)[C@H]1CCCN(CC(=O)N2CCc3cc(OCc4cc(-c5ccccc5)c(C(F)(F)F)s4)ccc32)C1.O=C(CCl)N1CCc2cc(OCc3cc(-c4ccccc4)c(C(F)(F)F)s3)ccc21. The summed E-state index contributed by atoms with van der Waals surface area (Å²) in [5.41, 5.74) is 4.88. The second-order valence-electron chi connectivity index (χ2n) is 16.6. The van der Waals surface area contributed by atoms with Gasteiger partial charge in [0, 0.05) is 51.9 Å². The summed E-state index contributed by atoms with van der Waals surface area (Å²) in [5.74, 6) is 0.387. The Morgan fingerprint density at radius 1 is 0.652 bits per heavy atom. The van der Waals surface area contributed by atoms with Crippen LogP contribution >= 0.6 is 34.3 Å². The van der Waals surface area contributed by atoms with Crippen molar-refractivity contribution in [3.05, 3.63) is 140 Å². The van der Waals surface area contributed by atoms with Crippen LogP contribution in [0.3, 0.4) is 0 Å². The van der Waals surface area contributed by atoms with E-state index < -0.39 is 22.1 Å². The van der Waals surface area contributed by atoms with Gasteiger partial charge in [-0.2, -0.15) is 26.3 Å². The topological polar surface area (TPSA) is 88.6 Å². The van der Waals surface area contributed by atoms with Gasteiger partial charge >= 0.3 is 18.3 Å². The number of hydrogen-bond donors (Lipinski definition) is 0. The zero-order chi connectivity index (χ0) is 48.9. The predicted octanol–water partition coefficient (Wildman–Crippen LogP) is 11.9. The number of likely N-dealkylation sites (tertiary alicyclic amines) is 1. The summed E-state index contributed by atoms with van der Waals surface area (Å²) in [6, 6.07) is 30.9. The number of alkyl halides is 7. The van der Waals surface area contributed by atoms with Crippen LogP contribution in [0.15, 0.2) is 109 Å². The van der Waals surface area contributed by atoms with E-state index in [0.717, 1.165) is 41.9 Å². The molecule has 1 atom stereocenters. The first-order valence-electron chi connectivity index (χ1n) is 22.1. The standard InChI is InChI=1S/C29H29F3N2O4S.C22H17ClF3NO2S/c1-37-28(36)21-8-5-12-33(16-21)17-26(35)34-13-11-20-14-22(9-10-25(20)34)38-18-23-15-24(19-6-3-2-4-7-19)27(39-23)29(30,31)32;23-12-20(28)27-9-8-15-10-16(6-7-19(15)27)29-13-17-11-18(14-4-2-1-3-5-14)21(30-17)22(24,25)26/h2-4,6-7,9-10,14-15,21H,5,8,11-13,16-18H2,1H3;1-7,10-11H,8-9,12-13H2/t21-;/m0./s1. The van der Waals surface area contributed by atoms with Crippen molar-refractivity contribution in [2.75, 3.05) is 55.5 Å². The van der Waals surface area contributed by atoms with Crippen molar-refractivity contribution in [3.8, 4) is 33.8 Å². The number of methoxy groups -OCH3 is 1. The molecule has 9 rings (SSSR count). The van der Waals surface area contributed by atoms with E-state index in [0.29, 0.717) is 87.5 Å². The maximum atomic E-state index is 13.7. The third-order valence-electron chi connectivity index (χ3n) is 12.0. The van der Waals surface area contributed by atoms with Gasteiger partial charge in [0.2, 0.25) is 11.8 Å². The Labute approximate surface area is 407 Å². The molecule has 1 saturated heterocycles. The molecule has 0 spiro atoms. The van der Waals surface area contributed by atoms with E-state index in [4.69, 9.17) is 25.8 Å². The molecule has 0 bridgehead atoms. The van der Waals surface area contributed by atoms with Crippen LogP contribution in [0.5, 0.6) is 11.5 Å². The van der Waals surface area contributed by atoms with Crippen LogP contribution < -0.4 is 19.3 Å². The van der Waals surface area contributed by atoms with Crippen molar-refractivity contribution in [1.82, 2.24) is 4.90 Å². The lowest BCUT2D eigenvalue weighted by molar-refractivity contribution is -0.147. The lowest BCUT2D eigenvalue weighted by Crippen LogP contribution is -2.45. The lowest BCUT2D eigenvalue weighted by atomic mass is 9.98. The second kappa shape index (κ2) is 21.4. The number of ether oxygens (including phenoxy) is 3. The number of halogens is 7. The van der Waals surface area contributed by atoms with E-state index in [1.165, 1.54) is 13.2 Å². The Hall–Kier alpha value is -5.88. The van der Waals surface area contributed by atoms with Crippen LogP contribution in [0.1, 0.15) is 43.5 Å². The minimum atomic E-state index is -4.45. The minimum Gasteiger partial charge on any atom is -0.488 e. The van der Waals surface area contributed by atoms with Crippen LogP contribution in [-0.4, -0.2) is 68.4 Å². The molecule has 6 aromatic rings. The Bertz CT molecular complexity index is 2780. The summed E-state index contributed by atoms with van der Waals surface area (Å²) in [6.07, 6.45) is -5.93. The van der Waals surface area contributed by atoms with Crippen molar-refractivity contribution in [2.45, 2.75) is 51.2 Å². The molecule has 0 radical (unpaired) electrons. The number of carbonyl (C=O) groups is 3. The molecule has 5 heterocycles. The highest BCUT2D eigenvalue weighted by Gasteiger charge is 2.38. The highest BCUT2D eigenvalue weighted by atomic mass is 35.5. The van der Waals surface area contributed by atoms with Crippen molar-refractivity contribution < 1.29 is 54.9 Å². The number of piperidine rings is 1. The van der Waals surface area contributed by atoms with Gasteiger partial charge in [0.1, 0.15) is 40.3 Å². The number of benzene rings is 4. The highest BCUT2D eigenvalue weighted by Crippen LogP contribution is 2.45. The molecular weight excluding hydrogens is 964 g/mol. The number of thiophene rings is 2. The molecule has 362 valence electrons. The number of fused-ring (bicyclic) bond motifs is 2. The molecule has 2 aromatic heterocycles. The highest BCUT2D eigenvalue weighted by molar-refractivity contribution is 7.13. The third-order valence-corrected chi connectivity index (χ3v) is 14.6. The predicted molar refractivity (Wildman–Crippen MR) is 255 cm³/mol. The number of carbonyl (C=O) groups excluding carboxylic acids is 3. The van der Waals surface area contributed by atoms with Gasteiger partial charge in [-0.05, 0) is 103 Å². The van der Waals surface area contributed by atoms with Gasteiger partial charge < -0.3 is 24.0 Å².